The second kappa shape index (κ2) is 13.6. The van der Waals surface area contributed by atoms with E-state index in [9.17, 15) is 15.3 Å². The number of pyridine rings is 1. The van der Waals surface area contributed by atoms with Gasteiger partial charge in [0, 0.05) is 62.5 Å². The molecule has 0 radical (unpaired) electrons. The molecule has 0 unspecified atom stereocenters. The minimum absolute atomic E-state index is 0.180. The van der Waals surface area contributed by atoms with Gasteiger partial charge in [-0.05, 0) is 36.4 Å². The Morgan fingerprint density at radius 2 is 1.91 bits per heavy atom. The Hall–Kier alpha value is -4.64. The van der Waals surface area contributed by atoms with Gasteiger partial charge < -0.3 is 24.2 Å². The quantitative estimate of drug-likeness (QED) is 0.354. The number of anilines is 2. The predicted molar refractivity (Wildman–Crippen MR) is 173 cm³/mol. The standard InChI is InChI=1S/C35H39N7O3/c1-3-32(43)42-15-14-41(23-27(42)10-12-36)34-28-11-13-40(31-9-5-8-26-7-4-6-25(2)33(26)31)24-30(28)38-35(29(34)22-37)45-21-18-39-16-19-44-20-17-39/h3-9,27H,1,10-11,13-21,23-24H2,2H3/t27-/m0/s1. The molecule has 0 spiro atoms. The van der Waals surface area contributed by atoms with Crippen LogP contribution in [0.3, 0.4) is 0 Å². The Bertz CT molecular complexity index is 1670. The van der Waals surface area contributed by atoms with Crippen LogP contribution in [0.2, 0.25) is 0 Å². The van der Waals surface area contributed by atoms with Gasteiger partial charge in [0.2, 0.25) is 11.8 Å². The Morgan fingerprint density at radius 1 is 1.11 bits per heavy atom. The highest BCUT2D eigenvalue weighted by molar-refractivity contribution is 5.97. The molecule has 0 N–H and O–H groups in total. The lowest BCUT2D eigenvalue weighted by molar-refractivity contribution is -0.128. The molecule has 0 bridgehead atoms. The zero-order chi connectivity index (χ0) is 31.3. The first-order valence-corrected chi connectivity index (χ1v) is 15.7. The number of morpholine rings is 1. The first-order chi connectivity index (χ1) is 22.0. The molecule has 10 heteroatoms. The molecule has 2 saturated heterocycles. The molecule has 45 heavy (non-hydrogen) atoms. The minimum atomic E-state index is -0.311. The van der Waals surface area contributed by atoms with E-state index in [0.717, 1.165) is 43.1 Å². The number of carbonyl (C=O) groups is 1. The van der Waals surface area contributed by atoms with Crippen molar-refractivity contribution in [3.63, 3.8) is 0 Å². The predicted octanol–water partition coefficient (Wildman–Crippen LogP) is 3.81. The van der Waals surface area contributed by atoms with Crippen molar-refractivity contribution in [2.75, 3.05) is 75.4 Å². The van der Waals surface area contributed by atoms with Crippen LogP contribution in [0, 0.1) is 29.6 Å². The molecule has 0 aliphatic carbocycles. The maximum absolute atomic E-state index is 12.6. The first kappa shape index (κ1) is 30.4. The number of hydrogen-bond acceptors (Lipinski definition) is 9. The molecular weight excluding hydrogens is 566 g/mol. The highest BCUT2D eigenvalue weighted by Gasteiger charge is 2.35. The van der Waals surface area contributed by atoms with E-state index in [0.29, 0.717) is 63.9 Å². The van der Waals surface area contributed by atoms with E-state index in [4.69, 9.17) is 14.5 Å². The molecule has 1 aromatic heterocycles. The summed E-state index contributed by atoms with van der Waals surface area (Å²) in [5, 5.41) is 22.6. The third-order valence-electron chi connectivity index (χ3n) is 9.17. The minimum Gasteiger partial charge on any atom is -0.475 e. The van der Waals surface area contributed by atoms with Gasteiger partial charge >= 0.3 is 0 Å². The van der Waals surface area contributed by atoms with E-state index in [1.165, 1.54) is 28.1 Å². The molecule has 3 aliphatic heterocycles. The summed E-state index contributed by atoms with van der Waals surface area (Å²) in [6, 6.07) is 17.2. The second-order valence-corrected chi connectivity index (χ2v) is 11.8. The lowest BCUT2D eigenvalue weighted by atomic mass is 9.95. The highest BCUT2D eigenvalue weighted by atomic mass is 16.5. The number of aromatic nitrogens is 1. The summed E-state index contributed by atoms with van der Waals surface area (Å²) in [5.41, 5.74) is 5.58. The van der Waals surface area contributed by atoms with E-state index in [1.54, 1.807) is 4.90 Å². The van der Waals surface area contributed by atoms with Gasteiger partial charge in [-0.1, -0.05) is 36.9 Å². The number of benzene rings is 2. The third kappa shape index (κ3) is 6.17. The fourth-order valence-electron chi connectivity index (χ4n) is 6.91. The summed E-state index contributed by atoms with van der Waals surface area (Å²) in [5.74, 6) is 0.164. The fourth-order valence-corrected chi connectivity index (χ4v) is 6.91. The van der Waals surface area contributed by atoms with Crippen molar-refractivity contribution in [2.24, 2.45) is 0 Å². The van der Waals surface area contributed by atoms with E-state index in [-0.39, 0.29) is 18.4 Å². The van der Waals surface area contributed by atoms with Crippen LogP contribution in [0.15, 0.2) is 49.1 Å². The van der Waals surface area contributed by atoms with Gasteiger partial charge in [0.05, 0.1) is 49.7 Å². The zero-order valence-corrected chi connectivity index (χ0v) is 25.9. The molecule has 3 aromatic rings. The van der Waals surface area contributed by atoms with E-state index in [2.05, 4.69) is 76.7 Å². The summed E-state index contributed by atoms with van der Waals surface area (Å²) < 4.78 is 11.8. The van der Waals surface area contributed by atoms with Gasteiger partial charge in [-0.2, -0.15) is 10.5 Å². The zero-order valence-electron chi connectivity index (χ0n) is 25.9. The van der Waals surface area contributed by atoms with Crippen molar-refractivity contribution in [1.29, 1.82) is 10.5 Å². The molecular formula is C35H39N7O3. The number of nitriles is 2. The molecule has 10 nitrogen and oxygen atoms in total. The molecule has 0 saturated carbocycles. The number of carbonyl (C=O) groups excluding carboxylic acids is 1. The van der Waals surface area contributed by atoms with Gasteiger partial charge in [-0.15, -0.1) is 0 Å². The van der Waals surface area contributed by atoms with E-state index >= 15 is 0 Å². The average Bonchev–Trinajstić information content (AvgIpc) is 3.07. The highest BCUT2D eigenvalue weighted by Crippen LogP contribution is 2.40. The molecule has 1 amide bonds. The van der Waals surface area contributed by atoms with Gasteiger partial charge in [0.15, 0.2) is 0 Å². The molecule has 232 valence electrons. The van der Waals surface area contributed by atoms with Gasteiger partial charge in [0.25, 0.3) is 0 Å². The number of hydrogen-bond donors (Lipinski definition) is 0. The van der Waals surface area contributed by atoms with Crippen molar-refractivity contribution in [1.82, 2.24) is 14.8 Å². The maximum atomic E-state index is 12.6. The maximum Gasteiger partial charge on any atom is 0.246 e. The van der Waals surface area contributed by atoms with Crippen molar-refractivity contribution in [3.8, 4) is 18.0 Å². The smallest absolute Gasteiger partial charge is 0.246 e. The van der Waals surface area contributed by atoms with Gasteiger partial charge in [-0.3, -0.25) is 9.69 Å². The molecule has 2 aromatic carbocycles. The van der Waals surface area contributed by atoms with Crippen LogP contribution < -0.4 is 14.5 Å². The molecule has 1 atom stereocenters. The lowest BCUT2D eigenvalue weighted by Crippen LogP contribution is -2.55. The van der Waals surface area contributed by atoms with Crippen LogP contribution in [0.25, 0.3) is 10.8 Å². The molecule has 6 rings (SSSR count). The number of ether oxygens (including phenoxy) is 2. The first-order valence-electron chi connectivity index (χ1n) is 15.7. The molecule has 3 aliphatic rings. The van der Waals surface area contributed by atoms with Crippen LogP contribution in [0.1, 0.15) is 28.8 Å². The summed E-state index contributed by atoms with van der Waals surface area (Å²) in [6.07, 6.45) is 2.21. The van der Waals surface area contributed by atoms with Crippen LogP contribution >= 0.6 is 0 Å². The number of rotatable bonds is 8. The van der Waals surface area contributed by atoms with E-state index < -0.39 is 0 Å². The Morgan fingerprint density at radius 3 is 2.67 bits per heavy atom. The molecule has 2 fully saturated rings. The number of aryl methyl sites for hydroxylation is 1. The van der Waals surface area contributed by atoms with Crippen molar-refractivity contribution < 1.29 is 14.3 Å². The second-order valence-electron chi connectivity index (χ2n) is 11.8. The lowest BCUT2D eigenvalue weighted by Gasteiger charge is -2.43. The Labute approximate surface area is 264 Å². The summed E-state index contributed by atoms with van der Waals surface area (Å²) in [6.45, 7) is 12.8. The summed E-state index contributed by atoms with van der Waals surface area (Å²) in [7, 11) is 0. The third-order valence-corrected chi connectivity index (χ3v) is 9.17. The topological polar surface area (TPSA) is 109 Å². The van der Waals surface area contributed by atoms with Crippen molar-refractivity contribution in [3.05, 3.63) is 71.4 Å². The van der Waals surface area contributed by atoms with E-state index in [1.807, 2.05) is 0 Å². The fraction of sp³-hybridized carbons (Fsp3) is 0.429. The van der Waals surface area contributed by atoms with Crippen LogP contribution in [-0.2, 0) is 22.5 Å². The van der Waals surface area contributed by atoms with Crippen molar-refractivity contribution >= 4 is 28.1 Å². The van der Waals surface area contributed by atoms with Crippen LogP contribution in [-0.4, -0.2) is 92.4 Å². The van der Waals surface area contributed by atoms with Crippen molar-refractivity contribution in [2.45, 2.75) is 32.4 Å². The summed E-state index contributed by atoms with van der Waals surface area (Å²) in [4.78, 5) is 26.2. The van der Waals surface area contributed by atoms with Crippen LogP contribution in [0.4, 0.5) is 11.4 Å². The summed E-state index contributed by atoms with van der Waals surface area (Å²) >= 11 is 0. The average molecular weight is 606 g/mol. The number of fused-ring (bicyclic) bond motifs is 2. The largest absolute Gasteiger partial charge is 0.475 e. The number of nitrogens with zero attached hydrogens (tertiary/aromatic N) is 7. The SMILES string of the molecule is C=CC(=O)N1CCN(c2c(C#N)c(OCCN3CCOCC3)nc3c2CCN(c2cccc4cccc(C)c24)C3)C[C@@H]1CC#N. The number of piperazine rings is 1. The molecule has 4 heterocycles. The Kier molecular flexibility index (Phi) is 9.16. The van der Waals surface area contributed by atoms with Gasteiger partial charge in [0.1, 0.15) is 18.2 Å². The van der Waals surface area contributed by atoms with Gasteiger partial charge in [-0.25, -0.2) is 4.98 Å². The Balaban J connectivity index is 1.37. The number of amides is 1. The van der Waals surface area contributed by atoms with Crippen LogP contribution in [0.5, 0.6) is 5.88 Å². The normalized spacial score (nSPS) is 18.6. The monoisotopic (exact) mass is 605 g/mol.